The van der Waals surface area contributed by atoms with Crippen molar-refractivity contribution in [2.24, 2.45) is 10.9 Å². The summed E-state index contributed by atoms with van der Waals surface area (Å²) in [5, 5.41) is 22.3. The normalized spacial score (nSPS) is 11.4. The third kappa shape index (κ3) is 1.96. The molecule has 0 aliphatic rings. The number of hydrazone groups is 1. The van der Waals surface area contributed by atoms with E-state index in [4.69, 9.17) is 5.84 Å². The van der Waals surface area contributed by atoms with E-state index in [1.807, 2.05) is 13.8 Å². The summed E-state index contributed by atoms with van der Waals surface area (Å²) in [6.45, 7) is 3.91. The van der Waals surface area contributed by atoms with Gasteiger partial charge in [-0.2, -0.15) is 5.10 Å². The Labute approximate surface area is 82.7 Å². The highest BCUT2D eigenvalue weighted by Gasteiger charge is 2.09. The lowest BCUT2D eigenvalue weighted by Crippen LogP contribution is -1.93. The molecule has 0 aliphatic carbocycles. The molecule has 1 rings (SSSR count). The number of rotatable bonds is 2. The molecule has 0 atom stereocenters. The first-order valence-corrected chi connectivity index (χ1v) is 4.35. The summed E-state index contributed by atoms with van der Waals surface area (Å²) in [7, 11) is 0. The zero-order chi connectivity index (χ0) is 10.7. The minimum Gasteiger partial charge on any atom is -0.508 e. The number of hydrogen-bond donors (Lipinski definition) is 3. The van der Waals surface area contributed by atoms with Crippen LogP contribution >= 0.6 is 0 Å². The largest absolute Gasteiger partial charge is 0.508 e. The predicted molar refractivity (Wildman–Crippen MR) is 55.6 cm³/mol. The van der Waals surface area contributed by atoms with Gasteiger partial charge in [-0.3, -0.25) is 0 Å². The minimum atomic E-state index is -0.0268. The molecule has 0 unspecified atom stereocenters. The molecule has 0 saturated heterocycles. The number of aromatic hydroxyl groups is 2. The van der Waals surface area contributed by atoms with Gasteiger partial charge in [-0.05, 0) is 17.5 Å². The van der Waals surface area contributed by atoms with E-state index in [0.29, 0.717) is 5.56 Å². The summed E-state index contributed by atoms with van der Waals surface area (Å²) in [5.41, 5.74) is 1.27. The summed E-state index contributed by atoms with van der Waals surface area (Å²) in [5.74, 6) is 5.23. The van der Waals surface area contributed by atoms with Crippen molar-refractivity contribution >= 4 is 6.21 Å². The van der Waals surface area contributed by atoms with E-state index in [-0.39, 0.29) is 17.4 Å². The molecule has 1 aromatic carbocycles. The molecule has 4 nitrogen and oxygen atoms in total. The smallest absolute Gasteiger partial charge is 0.128 e. The van der Waals surface area contributed by atoms with Crippen LogP contribution in [0.3, 0.4) is 0 Å². The van der Waals surface area contributed by atoms with Crippen LogP contribution in [0.2, 0.25) is 0 Å². The fourth-order valence-electron chi connectivity index (χ4n) is 1.26. The first-order valence-electron chi connectivity index (χ1n) is 4.35. The van der Waals surface area contributed by atoms with Gasteiger partial charge >= 0.3 is 0 Å². The van der Waals surface area contributed by atoms with Crippen molar-refractivity contribution in [1.29, 1.82) is 0 Å². The summed E-state index contributed by atoms with van der Waals surface area (Å²) in [6, 6.07) is 2.97. The van der Waals surface area contributed by atoms with Crippen LogP contribution in [0.25, 0.3) is 0 Å². The van der Waals surface area contributed by atoms with E-state index >= 15 is 0 Å². The van der Waals surface area contributed by atoms with Crippen LogP contribution in [-0.4, -0.2) is 16.4 Å². The highest BCUT2D eigenvalue weighted by atomic mass is 16.3. The lowest BCUT2D eigenvalue weighted by atomic mass is 9.99. The van der Waals surface area contributed by atoms with Gasteiger partial charge in [0, 0.05) is 11.6 Å². The number of phenols is 2. The molecule has 0 aromatic heterocycles. The van der Waals surface area contributed by atoms with E-state index in [1.54, 1.807) is 6.07 Å². The van der Waals surface area contributed by atoms with Crippen molar-refractivity contribution in [2.75, 3.05) is 0 Å². The molecule has 0 aliphatic heterocycles. The summed E-state index contributed by atoms with van der Waals surface area (Å²) in [6.07, 6.45) is 1.35. The lowest BCUT2D eigenvalue weighted by Gasteiger charge is -2.10. The molecule has 0 heterocycles. The van der Waals surface area contributed by atoms with Crippen LogP contribution in [0, 0.1) is 0 Å². The summed E-state index contributed by atoms with van der Waals surface area (Å²) in [4.78, 5) is 0. The molecule has 76 valence electrons. The Balaban J connectivity index is 3.27. The van der Waals surface area contributed by atoms with Crippen molar-refractivity contribution in [3.05, 3.63) is 23.3 Å². The van der Waals surface area contributed by atoms with Crippen LogP contribution in [-0.2, 0) is 0 Å². The Hall–Kier alpha value is -1.71. The average Bonchev–Trinajstić information content (AvgIpc) is 2.09. The topological polar surface area (TPSA) is 78.8 Å². The predicted octanol–water partition coefficient (Wildman–Crippen LogP) is 1.51. The Morgan fingerprint density at radius 2 is 1.93 bits per heavy atom. The molecule has 0 amide bonds. The van der Waals surface area contributed by atoms with Gasteiger partial charge in [0.15, 0.2) is 0 Å². The summed E-state index contributed by atoms with van der Waals surface area (Å²) < 4.78 is 0. The van der Waals surface area contributed by atoms with Crippen LogP contribution in [0.4, 0.5) is 0 Å². The zero-order valence-electron chi connectivity index (χ0n) is 8.23. The second kappa shape index (κ2) is 4.00. The zero-order valence-corrected chi connectivity index (χ0v) is 8.23. The Morgan fingerprint density at radius 3 is 2.43 bits per heavy atom. The fourth-order valence-corrected chi connectivity index (χ4v) is 1.26. The molecule has 0 bridgehead atoms. The number of hydrogen-bond acceptors (Lipinski definition) is 4. The minimum absolute atomic E-state index is 0.0268. The van der Waals surface area contributed by atoms with Gasteiger partial charge in [0.25, 0.3) is 0 Å². The van der Waals surface area contributed by atoms with Crippen molar-refractivity contribution < 1.29 is 10.2 Å². The number of benzene rings is 1. The molecule has 0 radical (unpaired) electrons. The van der Waals surface area contributed by atoms with Gasteiger partial charge in [-0.25, -0.2) is 0 Å². The van der Waals surface area contributed by atoms with Gasteiger partial charge in [0.05, 0.1) is 6.21 Å². The first kappa shape index (κ1) is 10.4. The summed E-state index contributed by atoms with van der Waals surface area (Å²) >= 11 is 0. The van der Waals surface area contributed by atoms with Gasteiger partial charge < -0.3 is 16.1 Å². The van der Waals surface area contributed by atoms with Crippen LogP contribution < -0.4 is 5.84 Å². The van der Waals surface area contributed by atoms with Gasteiger partial charge in [0.1, 0.15) is 11.5 Å². The fraction of sp³-hybridized carbons (Fsp3) is 0.300. The van der Waals surface area contributed by atoms with Crippen LogP contribution in [0.1, 0.15) is 30.9 Å². The maximum atomic E-state index is 9.52. The molecule has 0 fully saturated rings. The Kier molecular flexibility index (Phi) is 2.96. The van der Waals surface area contributed by atoms with Gasteiger partial charge in [-0.1, -0.05) is 13.8 Å². The Bertz CT molecular complexity index is 359. The lowest BCUT2D eigenvalue weighted by molar-refractivity contribution is 0.443. The number of nitrogens with zero attached hydrogens (tertiary/aromatic N) is 1. The third-order valence-electron chi connectivity index (χ3n) is 2.01. The molecular formula is C10H14N2O2. The first-order chi connectivity index (χ1) is 6.56. The SMILES string of the molecule is CC(C)c1cc(/C=N/N)c(O)cc1O. The molecule has 0 spiro atoms. The highest BCUT2D eigenvalue weighted by molar-refractivity contribution is 5.84. The van der Waals surface area contributed by atoms with E-state index in [9.17, 15) is 10.2 Å². The molecule has 14 heavy (non-hydrogen) atoms. The molecule has 1 aromatic rings. The average molecular weight is 194 g/mol. The number of phenolic OH excluding ortho intramolecular Hbond substituents is 2. The quantitative estimate of drug-likeness (QED) is 0.379. The van der Waals surface area contributed by atoms with Crippen molar-refractivity contribution in [3.63, 3.8) is 0 Å². The number of nitrogens with two attached hydrogens (primary N) is 1. The van der Waals surface area contributed by atoms with E-state index in [2.05, 4.69) is 5.10 Å². The second-order valence-corrected chi connectivity index (χ2v) is 3.40. The molecule has 4 heteroatoms. The second-order valence-electron chi connectivity index (χ2n) is 3.40. The molecular weight excluding hydrogens is 180 g/mol. The van der Waals surface area contributed by atoms with Crippen molar-refractivity contribution in [2.45, 2.75) is 19.8 Å². The van der Waals surface area contributed by atoms with Gasteiger partial charge in [-0.15, -0.1) is 0 Å². The molecule has 0 saturated carbocycles. The van der Waals surface area contributed by atoms with Crippen LogP contribution in [0.5, 0.6) is 11.5 Å². The monoisotopic (exact) mass is 194 g/mol. The molecule has 4 N–H and O–H groups in total. The maximum Gasteiger partial charge on any atom is 0.128 e. The van der Waals surface area contributed by atoms with Gasteiger partial charge in [0.2, 0.25) is 0 Å². The highest BCUT2D eigenvalue weighted by Crippen LogP contribution is 2.31. The van der Waals surface area contributed by atoms with Crippen LogP contribution in [0.15, 0.2) is 17.2 Å². The van der Waals surface area contributed by atoms with E-state index in [1.165, 1.54) is 12.3 Å². The maximum absolute atomic E-state index is 9.52. The van der Waals surface area contributed by atoms with Crippen molar-refractivity contribution in [1.82, 2.24) is 0 Å². The van der Waals surface area contributed by atoms with Crippen molar-refractivity contribution in [3.8, 4) is 11.5 Å². The Morgan fingerprint density at radius 1 is 1.29 bits per heavy atom. The van der Waals surface area contributed by atoms with E-state index < -0.39 is 0 Å². The third-order valence-corrected chi connectivity index (χ3v) is 2.01. The van der Waals surface area contributed by atoms with E-state index in [0.717, 1.165) is 5.56 Å². The standard InChI is InChI=1S/C10H14N2O2/c1-6(2)8-3-7(5-12-11)9(13)4-10(8)14/h3-6,13-14H,11H2,1-2H3/b12-5+.